The number of urea groups is 1. The number of hydrogen-bond acceptors (Lipinski definition) is 3. The van der Waals surface area contributed by atoms with E-state index >= 15 is 0 Å². The summed E-state index contributed by atoms with van der Waals surface area (Å²) in [6, 6.07) is 15.4. The van der Waals surface area contributed by atoms with Crippen molar-refractivity contribution in [1.29, 1.82) is 0 Å². The molecule has 3 aliphatic rings. The van der Waals surface area contributed by atoms with Crippen molar-refractivity contribution in [2.75, 3.05) is 10.7 Å². The average molecular weight is 396 g/mol. The lowest BCUT2D eigenvalue weighted by molar-refractivity contribution is -0.119. The summed E-state index contributed by atoms with van der Waals surface area (Å²) >= 11 is 1.76. The van der Waals surface area contributed by atoms with Crippen LogP contribution in [0.5, 0.6) is 0 Å². The van der Waals surface area contributed by atoms with Gasteiger partial charge in [0, 0.05) is 5.75 Å². The van der Waals surface area contributed by atoms with Crippen molar-refractivity contribution in [1.82, 2.24) is 4.90 Å². The van der Waals surface area contributed by atoms with Crippen LogP contribution >= 0.6 is 11.8 Å². The predicted octanol–water partition coefficient (Wildman–Crippen LogP) is 4.76. The molecule has 2 heterocycles. The normalized spacial score (nSPS) is 29.6. The van der Waals surface area contributed by atoms with Gasteiger partial charge in [-0.15, -0.1) is 11.8 Å². The Bertz CT molecular complexity index is 910. The molecule has 2 saturated heterocycles. The van der Waals surface area contributed by atoms with Gasteiger partial charge in [0.25, 0.3) is 5.91 Å². The number of imide groups is 1. The van der Waals surface area contributed by atoms with Crippen LogP contribution in [0.15, 0.2) is 54.6 Å². The smallest absolute Gasteiger partial charge is 0.296 e. The molecule has 0 N–H and O–H groups in total. The minimum atomic E-state index is -0.407. The quantitative estimate of drug-likeness (QED) is 0.687. The van der Waals surface area contributed by atoms with Crippen LogP contribution in [0.3, 0.4) is 0 Å². The third-order valence-electron chi connectivity index (χ3n) is 6.29. The molecule has 1 atom stereocenters. The Morgan fingerprint density at radius 2 is 1.64 bits per heavy atom. The van der Waals surface area contributed by atoms with Gasteiger partial charge in [0.2, 0.25) is 0 Å². The number of anilines is 1. The second-order valence-corrected chi connectivity index (χ2v) is 9.14. The van der Waals surface area contributed by atoms with Crippen LogP contribution in [0, 0.1) is 5.82 Å². The van der Waals surface area contributed by atoms with Crippen molar-refractivity contribution in [3.8, 4) is 0 Å². The number of halogens is 1. The third kappa shape index (κ3) is 2.65. The molecule has 3 amide bonds. The second kappa shape index (κ2) is 6.62. The summed E-state index contributed by atoms with van der Waals surface area (Å²) in [6.07, 6.45) is 3.81. The minimum Gasteiger partial charge on any atom is -0.296 e. The monoisotopic (exact) mass is 396 g/mol. The van der Waals surface area contributed by atoms with Gasteiger partial charge in [-0.1, -0.05) is 30.3 Å². The molecule has 0 aromatic heterocycles. The van der Waals surface area contributed by atoms with Gasteiger partial charge in [0.15, 0.2) is 0 Å². The molecule has 0 unspecified atom stereocenters. The highest BCUT2D eigenvalue weighted by Gasteiger charge is 2.60. The van der Waals surface area contributed by atoms with Crippen molar-refractivity contribution in [2.24, 2.45) is 0 Å². The summed E-state index contributed by atoms with van der Waals surface area (Å²) < 4.78 is 13.3. The Kier molecular flexibility index (Phi) is 4.19. The second-order valence-electron chi connectivity index (χ2n) is 7.76. The van der Waals surface area contributed by atoms with Gasteiger partial charge >= 0.3 is 6.03 Å². The molecule has 3 fully saturated rings. The van der Waals surface area contributed by atoms with E-state index in [-0.39, 0.29) is 22.6 Å². The van der Waals surface area contributed by atoms with Crippen LogP contribution in [0.25, 0.3) is 0 Å². The van der Waals surface area contributed by atoms with E-state index in [0.29, 0.717) is 17.4 Å². The van der Waals surface area contributed by atoms with Crippen LogP contribution in [0.1, 0.15) is 37.2 Å². The van der Waals surface area contributed by atoms with Gasteiger partial charge in [-0.2, -0.15) is 0 Å². The molecule has 5 rings (SSSR count). The fourth-order valence-electron chi connectivity index (χ4n) is 4.84. The molecule has 1 aliphatic carbocycles. The summed E-state index contributed by atoms with van der Waals surface area (Å²) in [5.41, 5.74) is 1.80. The molecule has 1 saturated carbocycles. The van der Waals surface area contributed by atoms with E-state index in [1.54, 1.807) is 11.8 Å². The maximum Gasteiger partial charge on any atom is 0.333 e. The molecule has 4 nitrogen and oxygen atoms in total. The zero-order chi connectivity index (χ0) is 19.3. The maximum atomic E-state index is 13.3. The largest absolute Gasteiger partial charge is 0.333 e. The standard InChI is InChI=1S/C22H21FN2O2S/c23-17-6-8-18(9-7-17)24-20(26)19-14-28-22(25(19)21(24)27)12-10-16(11-13-22)15-4-2-1-3-5-15/h1-9,16,19H,10-14H2/t16?,19-,22?/m0/s1. The number of rotatable bonds is 2. The van der Waals surface area contributed by atoms with Crippen molar-refractivity contribution in [2.45, 2.75) is 42.5 Å². The van der Waals surface area contributed by atoms with Crippen LogP contribution in [-0.2, 0) is 4.79 Å². The summed E-state index contributed by atoms with van der Waals surface area (Å²) in [6.45, 7) is 0. The number of thioether (sulfide) groups is 1. The van der Waals surface area contributed by atoms with Crippen LogP contribution in [-0.4, -0.2) is 33.5 Å². The number of benzene rings is 2. The van der Waals surface area contributed by atoms with Crippen molar-refractivity contribution in [3.05, 3.63) is 66.0 Å². The minimum absolute atomic E-state index is 0.189. The van der Waals surface area contributed by atoms with Crippen molar-refractivity contribution >= 4 is 29.4 Å². The van der Waals surface area contributed by atoms with Crippen LogP contribution < -0.4 is 4.90 Å². The molecule has 2 aromatic rings. The van der Waals surface area contributed by atoms with Crippen LogP contribution in [0.4, 0.5) is 14.9 Å². The number of hydrogen-bond donors (Lipinski definition) is 0. The Morgan fingerprint density at radius 3 is 2.32 bits per heavy atom. The molecule has 2 aromatic carbocycles. The molecule has 1 spiro atoms. The van der Waals surface area contributed by atoms with E-state index in [1.807, 2.05) is 11.0 Å². The molecular formula is C22H21FN2O2S. The van der Waals surface area contributed by atoms with Gasteiger partial charge in [0.1, 0.15) is 11.9 Å². The van der Waals surface area contributed by atoms with E-state index in [2.05, 4.69) is 24.3 Å². The molecule has 6 heteroatoms. The van der Waals surface area contributed by atoms with Gasteiger partial charge < -0.3 is 0 Å². The molecule has 144 valence electrons. The van der Waals surface area contributed by atoms with Gasteiger partial charge in [0.05, 0.1) is 10.6 Å². The molecule has 0 bridgehead atoms. The van der Waals surface area contributed by atoms with Gasteiger partial charge in [-0.05, 0) is 61.4 Å². The fraction of sp³-hybridized carbons (Fsp3) is 0.364. The topological polar surface area (TPSA) is 40.6 Å². The van der Waals surface area contributed by atoms with Gasteiger partial charge in [-0.25, -0.2) is 14.1 Å². The SMILES string of the molecule is O=C1[C@@H]2CSC3(CCC(c4ccccc4)CC3)N2C(=O)N1c1ccc(F)cc1. The number of carbonyl (C=O) groups is 2. The van der Waals surface area contributed by atoms with E-state index in [9.17, 15) is 14.0 Å². The zero-order valence-corrected chi connectivity index (χ0v) is 16.2. The number of fused-ring (bicyclic) bond motifs is 2. The first-order valence-electron chi connectivity index (χ1n) is 9.71. The Labute approximate surface area is 167 Å². The van der Waals surface area contributed by atoms with E-state index in [1.165, 1.54) is 34.7 Å². The molecule has 0 radical (unpaired) electrons. The maximum absolute atomic E-state index is 13.3. The predicted molar refractivity (Wildman–Crippen MR) is 108 cm³/mol. The van der Waals surface area contributed by atoms with E-state index in [0.717, 1.165) is 25.7 Å². The lowest BCUT2D eigenvalue weighted by Gasteiger charge is -2.42. The zero-order valence-electron chi connectivity index (χ0n) is 15.4. The average Bonchev–Trinajstić information content (AvgIpc) is 3.21. The number of amides is 3. The molecule has 28 heavy (non-hydrogen) atoms. The van der Waals surface area contributed by atoms with Crippen molar-refractivity contribution < 1.29 is 14.0 Å². The molecular weight excluding hydrogens is 375 g/mol. The first-order chi connectivity index (χ1) is 13.6. The highest BCUT2D eigenvalue weighted by molar-refractivity contribution is 8.01. The summed E-state index contributed by atoms with van der Waals surface area (Å²) in [4.78, 5) is 28.9. The highest BCUT2D eigenvalue weighted by atomic mass is 32.2. The summed E-state index contributed by atoms with van der Waals surface area (Å²) in [7, 11) is 0. The first kappa shape index (κ1) is 17.7. The molecule has 2 aliphatic heterocycles. The Morgan fingerprint density at radius 1 is 0.964 bits per heavy atom. The Balaban J connectivity index is 1.38. The summed E-state index contributed by atoms with van der Waals surface area (Å²) in [5, 5.41) is 0. The van der Waals surface area contributed by atoms with Gasteiger partial charge in [-0.3, -0.25) is 9.69 Å². The number of carbonyl (C=O) groups excluding carboxylic acids is 2. The first-order valence-corrected chi connectivity index (χ1v) is 10.7. The lowest BCUT2D eigenvalue weighted by atomic mass is 9.80. The lowest BCUT2D eigenvalue weighted by Crippen LogP contribution is -2.49. The van der Waals surface area contributed by atoms with Crippen LogP contribution in [0.2, 0.25) is 0 Å². The summed E-state index contributed by atoms with van der Waals surface area (Å²) in [5.74, 6) is 0.576. The third-order valence-corrected chi connectivity index (χ3v) is 7.91. The van der Waals surface area contributed by atoms with E-state index in [4.69, 9.17) is 0 Å². The van der Waals surface area contributed by atoms with Crippen molar-refractivity contribution in [3.63, 3.8) is 0 Å². The Hall–Kier alpha value is -2.34. The van der Waals surface area contributed by atoms with E-state index < -0.39 is 6.04 Å². The highest BCUT2D eigenvalue weighted by Crippen LogP contribution is 2.54. The number of nitrogens with zero attached hydrogens (tertiary/aromatic N) is 2. The fourth-order valence-corrected chi connectivity index (χ4v) is 6.47.